The molecule has 7 nitrogen and oxygen atoms in total. The fraction of sp³-hybridized carbons (Fsp3) is 0.538. The molecule has 0 saturated carbocycles. The van der Waals surface area contributed by atoms with Crippen LogP contribution in [0.2, 0.25) is 0 Å². The van der Waals surface area contributed by atoms with Crippen LogP contribution in [-0.2, 0) is 14.3 Å². The Morgan fingerprint density at radius 1 is 1.24 bits per heavy atom. The SMILES string of the molecule is CCSCCOC(=O)C1=C(C)NC2=CC(C)(C)CC(=O)C2C1c1ccc(OCCO)c(OC)c1. The molecule has 0 amide bonds. The van der Waals surface area contributed by atoms with Gasteiger partial charge in [-0.2, -0.15) is 11.8 Å². The maximum absolute atomic E-state index is 13.4. The van der Waals surface area contributed by atoms with Crippen molar-refractivity contribution in [3.8, 4) is 11.5 Å². The highest BCUT2D eigenvalue weighted by molar-refractivity contribution is 7.99. The second-order valence-corrected chi connectivity index (χ2v) is 10.6. The summed E-state index contributed by atoms with van der Waals surface area (Å²) in [6.07, 6.45) is 2.49. The van der Waals surface area contributed by atoms with Crippen LogP contribution in [0.15, 0.2) is 41.2 Å². The number of hydrogen-bond donors (Lipinski definition) is 2. The number of ketones is 1. The van der Waals surface area contributed by atoms with Crippen LogP contribution in [0.3, 0.4) is 0 Å². The molecule has 1 aromatic carbocycles. The van der Waals surface area contributed by atoms with Crippen molar-refractivity contribution in [3.63, 3.8) is 0 Å². The van der Waals surface area contributed by atoms with Gasteiger partial charge in [0.2, 0.25) is 0 Å². The molecule has 3 rings (SSSR count). The summed E-state index contributed by atoms with van der Waals surface area (Å²) in [5, 5.41) is 12.4. The largest absolute Gasteiger partial charge is 0.493 e. The fourth-order valence-corrected chi connectivity index (χ4v) is 5.15. The number of esters is 1. The van der Waals surface area contributed by atoms with E-state index in [1.165, 1.54) is 7.11 Å². The number of hydrogen-bond acceptors (Lipinski definition) is 8. The summed E-state index contributed by atoms with van der Waals surface area (Å²) in [4.78, 5) is 26.7. The van der Waals surface area contributed by atoms with Gasteiger partial charge in [0.1, 0.15) is 19.0 Å². The number of allylic oxidation sites excluding steroid dienone is 3. The Morgan fingerprint density at radius 2 is 2.00 bits per heavy atom. The summed E-state index contributed by atoms with van der Waals surface area (Å²) < 4.78 is 16.7. The van der Waals surface area contributed by atoms with Gasteiger partial charge in [0.25, 0.3) is 0 Å². The normalized spacial score (nSPS) is 21.4. The zero-order chi connectivity index (χ0) is 24.9. The van der Waals surface area contributed by atoms with Crippen LogP contribution >= 0.6 is 11.8 Å². The molecule has 1 heterocycles. The molecule has 8 heteroatoms. The number of Topliss-reactive ketones (excluding diaryl/α,β-unsaturated/α-hetero) is 1. The predicted octanol–water partition coefficient (Wildman–Crippen LogP) is 3.82. The molecular weight excluding hydrogens is 454 g/mol. The molecule has 186 valence electrons. The number of methoxy groups -OCH3 is 1. The highest BCUT2D eigenvalue weighted by Crippen LogP contribution is 2.48. The topological polar surface area (TPSA) is 94.1 Å². The van der Waals surface area contributed by atoms with Gasteiger partial charge in [-0.25, -0.2) is 4.79 Å². The molecule has 2 unspecified atom stereocenters. The number of carbonyl (C=O) groups is 2. The summed E-state index contributed by atoms with van der Waals surface area (Å²) in [6.45, 7) is 8.32. The third kappa shape index (κ3) is 5.78. The first kappa shape index (κ1) is 26.2. The molecule has 1 aliphatic heterocycles. The molecular formula is C26H35NO6S. The van der Waals surface area contributed by atoms with E-state index in [0.717, 1.165) is 22.8 Å². The van der Waals surface area contributed by atoms with Crippen LogP contribution in [0.5, 0.6) is 11.5 Å². The predicted molar refractivity (Wildman–Crippen MR) is 133 cm³/mol. The Morgan fingerprint density at radius 3 is 2.68 bits per heavy atom. The minimum atomic E-state index is -0.516. The number of aliphatic hydroxyl groups excluding tert-OH is 1. The molecule has 2 aliphatic rings. The number of rotatable bonds is 10. The van der Waals surface area contributed by atoms with E-state index in [9.17, 15) is 9.59 Å². The molecule has 2 N–H and O–H groups in total. The third-order valence-corrected chi connectivity index (χ3v) is 6.88. The van der Waals surface area contributed by atoms with Crippen molar-refractivity contribution in [2.45, 2.75) is 40.0 Å². The van der Waals surface area contributed by atoms with E-state index >= 15 is 0 Å². The summed E-state index contributed by atoms with van der Waals surface area (Å²) in [5.41, 5.74) is 2.47. The van der Waals surface area contributed by atoms with Gasteiger partial charge >= 0.3 is 5.97 Å². The first-order valence-electron chi connectivity index (χ1n) is 11.6. The van der Waals surface area contributed by atoms with Crippen molar-refractivity contribution in [2.24, 2.45) is 11.3 Å². The molecule has 0 saturated heterocycles. The lowest BCUT2D eigenvalue weighted by Crippen LogP contribution is -2.43. The Hall–Kier alpha value is -2.45. The van der Waals surface area contributed by atoms with E-state index in [1.54, 1.807) is 23.9 Å². The van der Waals surface area contributed by atoms with Crippen LogP contribution in [0.25, 0.3) is 0 Å². The van der Waals surface area contributed by atoms with E-state index in [-0.39, 0.29) is 24.4 Å². The van der Waals surface area contributed by atoms with Crippen molar-refractivity contribution in [2.75, 3.05) is 38.4 Å². The molecule has 34 heavy (non-hydrogen) atoms. The van der Waals surface area contributed by atoms with E-state index in [2.05, 4.69) is 18.3 Å². The van der Waals surface area contributed by atoms with Crippen LogP contribution in [0.4, 0.5) is 0 Å². The summed E-state index contributed by atoms with van der Waals surface area (Å²) in [7, 11) is 1.54. The number of ether oxygens (including phenoxy) is 3. The molecule has 1 aliphatic carbocycles. The van der Waals surface area contributed by atoms with Crippen LogP contribution < -0.4 is 14.8 Å². The lowest BCUT2D eigenvalue weighted by Gasteiger charge is -2.41. The zero-order valence-electron chi connectivity index (χ0n) is 20.6. The maximum atomic E-state index is 13.4. The van der Waals surface area contributed by atoms with Gasteiger partial charge < -0.3 is 24.6 Å². The lowest BCUT2D eigenvalue weighted by molar-refractivity contribution is -0.139. The van der Waals surface area contributed by atoms with Crippen molar-refractivity contribution < 1.29 is 28.9 Å². The first-order chi connectivity index (χ1) is 16.2. The molecule has 1 aromatic rings. The summed E-state index contributed by atoms with van der Waals surface area (Å²) in [6, 6.07) is 5.41. The summed E-state index contributed by atoms with van der Waals surface area (Å²) in [5.74, 6) is 1.28. The quantitative estimate of drug-likeness (QED) is 0.378. The average Bonchev–Trinajstić information content (AvgIpc) is 2.78. The number of carbonyl (C=O) groups excluding carboxylic acids is 2. The Kier molecular flexibility index (Phi) is 8.71. The minimum absolute atomic E-state index is 0.0823. The third-order valence-electron chi connectivity index (χ3n) is 6.02. The minimum Gasteiger partial charge on any atom is -0.493 e. The highest BCUT2D eigenvalue weighted by Gasteiger charge is 2.46. The molecule has 0 bridgehead atoms. The zero-order valence-corrected chi connectivity index (χ0v) is 21.4. The van der Waals surface area contributed by atoms with Gasteiger partial charge in [0, 0.05) is 29.5 Å². The second kappa shape index (κ2) is 11.3. The average molecular weight is 490 g/mol. The van der Waals surface area contributed by atoms with Gasteiger partial charge in [0.05, 0.1) is 25.2 Å². The molecule has 0 spiro atoms. The van der Waals surface area contributed by atoms with E-state index in [1.807, 2.05) is 26.8 Å². The maximum Gasteiger partial charge on any atom is 0.336 e. The number of thioether (sulfide) groups is 1. The van der Waals surface area contributed by atoms with Crippen LogP contribution in [0.1, 0.15) is 45.6 Å². The second-order valence-electron chi connectivity index (χ2n) is 9.17. The highest BCUT2D eigenvalue weighted by atomic mass is 32.2. The van der Waals surface area contributed by atoms with Gasteiger partial charge in [-0.3, -0.25) is 4.79 Å². The van der Waals surface area contributed by atoms with Crippen molar-refractivity contribution in [1.82, 2.24) is 5.32 Å². The van der Waals surface area contributed by atoms with Crippen LogP contribution in [0, 0.1) is 11.3 Å². The van der Waals surface area contributed by atoms with Gasteiger partial charge in [-0.1, -0.05) is 32.9 Å². The standard InChI is InChI=1S/C26H35NO6S/c1-6-34-12-11-33-25(30)22-16(2)27-18-14-26(3,4)15-19(29)24(18)23(22)17-7-8-20(32-10-9-28)21(13-17)31-5/h7-8,13-14,23-24,27-28H,6,9-12,15H2,1-5H3. The van der Waals surface area contributed by atoms with Crippen LogP contribution in [-0.4, -0.2) is 55.3 Å². The molecule has 0 aromatic heterocycles. The van der Waals surface area contributed by atoms with Gasteiger partial charge in [-0.15, -0.1) is 0 Å². The van der Waals surface area contributed by atoms with Crippen molar-refractivity contribution >= 4 is 23.5 Å². The van der Waals surface area contributed by atoms with E-state index < -0.39 is 17.8 Å². The number of fused-ring (bicyclic) bond motifs is 1. The van der Waals surface area contributed by atoms with E-state index in [4.69, 9.17) is 19.3 Å². The van der Waals surface area contributed by atoms with Crippen molar-refractivity contribution in [3.05, 3.63) is 46.8 Å². The number of benzene rings is 1. The van der Waals surface area contributed by atoms with E-state index in [0.29, 0.717) is 35.8 Å². The first-order valence-corrected chi connectivity index (χ1v) is 12.8. The Balaban J connectivity index is 2.07. The molecule has 0 radical (unpaired) electrons. The Bertz CT molecular complexity index is 984. The molecule has 0 fully saturated rings. The van der Waals surface area contributed by atoms with Gasteiger partial charge in [0.15, 0.2) is 11.5 Å². The lowest BCUT2D eigenvalue weighted by atomic mass is 9.66. The van der Waals surface area contributed by atoms with Gasteiger partial charge in [-0.05, 0) is 35.8 Å². The monoisotopic (exact) mass is 489 g/mol. The summed E-state index contributed by atoms with van der Waals surface area (Å²) >= 11 is 1.71. The smallest absolute Gasteiger partial charge is 0.336 e. The fourth-order valence-electron chi connectivity index (χ4n) is 4.66. The number of nitrogens with one attached hydrogen (secondary N) is 1. The number of aliphatic hydroxyl groups is 1. The Labute approximate surface area is 205 Å². The van der Waals surface area contributed by atoms with Crippen molar-refractivity contribution in [1.29, 1.82) is 0 Å². The molecule has 2 atom stereocenters.